The number of carboxylic acid groups (broad SMARTS) is 1. The second-order valence-corrected chi connectivity index (χ2v) is 7.90. The van der Waals surface area contributed by atoms with Crippen LogP contribution in [0.2, 0.25) is 0 Å². The Morgan fingerprint density at radius 2 is 1.55 bits per heavy atom. The van der Waals surface area contributed by atoms with Crippen LogP contribution in [0.4, 0.5) is 5.69 Å². The van der Waals surface area contributed by atoms with Gasteiger partial charge in [-0.05, 0) is 25.0 Å². The van der Waals surface area contributed by atoms with E-state index in [1.807, 2.05) is 0 Å². The lowest BCUT2D eigenvalue weighted by Crippen LogP contribution is -2.34. The van der Waals surface area contributed by atoms with Crippen LogP contribution in [0, 0.1) is 11.8 Å². The molecular weight excluding hydrogens is 418 g/mol. The lowest BCUT2D eigenvalue weighted by Gasteiger charge is -2.29. The maximum absolute atomic E-state index is 12.7. The third-order valence-electron chi connectivity index (χ3n) is 4.29. The molecular formula is C15H13Br2NO4. The van der Waals surface area contributed by atoms with Gasteiger partial charge in [0.15, 0.2) is 0 Å². The van der Waals surface area contributed by atoms with Crippen molar-refractivity contribution in [2.24, 2.45) is 11.8 Å². The molecule has 1 aliphatic carbocycles. The molecule has 1 saturated heterocycles. The van der Waals surface area contributed by atoms with Crippen molar-refractivity contribution in [3.05, 3.63) is 29.8 Å². The van der Waals surface area contributed by atoms with E-state index in [0.717, 1.165) is 4.90 Å². The van der Waals surface area contributed by atoms with Crippen LogP contribution in [-0.2, 0) is 9.59 Å². The first-order chi connectivity index (χ1) is 10.4. The van der Waals surface area contributed by atoms with Crippen LogP contribution in [0.3, 0.4) is 0 Å². The van der Waals surface area contributed by atoms with Crippen molar-refractivity contribution in [1.29, 1.82) is 0 Å². The number of anilines is 1. The molecule has 1 aliphatic heterocycles. The van der Waals surface area contributed by atoms with Gasteiger partial charge in [-0.25, -0.2) is 9.69 Å². The maximum atomic E-state index is 12.7. The number of fused-ring (bicyclic) bond motifs is 1. The van der Waals surface area contributed by atoms with Crippen molar-refractivity contribution in [3.63, 3.8) is 0 Å². The molecule has 2 aliphatic rings. The number of carboxylic acids is 1. The number of aromatic carboxylic acids is 1. The lowest BCUT2D eigenvalue weighted by molar-refractivity contribution is -0.122. The average Bonchev–Trinajstić information content (AvgIpc) is 2.71. The molecule has 116 valence electrons. The summed E-state index contributed by atoms with van der Waals surface area (Å²) in [5, 5.41) is 9.28. The summed E-state index contributed by atoms with van der Waals surface area (Å²) in [5.41, 5.74) is 0.130. The fraction of sp³-hybridized carbons (Fsp3) is 0.400. The van der Waals surface area contributed by atoms with Gasteiger partial charge in [-0.3, -0.25) is 9.59 Å². The Bertz CT molecular complexity index is 635. The molecule has 1 N–H and O–H groups in total. The number of benzene rings is 1. The van der Waals surface area contributed by atoms with Crippen LogP contribution in [0.5, 0.6) is 0 Å². The van der Waals surface area contributed by atoms with Crippen molar-refractivity contribution in [3.8, 4) is 0 Å². The summed E-state index contributed by atoms with van der Waals surface area (Å²) in [4.78, 5) is 38.0. The number of halogens is 2. The Morgan fingerprint density at radius 3 is 2.05 bits per heavy atom. The highest BCUT2D eigenvalue weighted by molar-refractivity contribution is 9.12. The molecule has 5 nitrogen and oxygen atoms in total. The highest BCUT2D eigenvalue weighted by Gasteiger charge is 2.52. The normalized spacial score (nSPS) is 31.3. The largest absolute Gasteiger partial charge is 0.478 e. The van der Waals surface area contributed by atoms with Gasteiger partial charge in [0.25, 0.3) is 0 Å². The average molecular weight is 431 g/mol. The highest BCUT2D eigenvalue weighted by Crippen LogP contribution is 2.44. The molecule has 7 heteroatoms. The Labute approximate surface area is 143 Å². The molecule has 3 rings (SSSR count). The van der Waals surface area contributed by atoms with Crippen molar-refractivity contribution in [1.82, 2.24) is 0 Å². The molecule has 0 aromatic heterocycles. The summed E-state index contributed by atoms with van der Waals surface area (Å²) in [7, 11) is 0. The maximum Gasteiger partial charge on any atom is 0.337 e. The molecule has 1 aromatic rings. The molecule has 1 aromatic carbocycles. The van der Waals surface area contributed by atoms with Gasteiger partial charge in [0.1, 0.15) is 0 Å². The van der Waals surface area contributed by atoms with Crippen molar-refractivity contribution in [2.75, 3.05) is 4.90 Å². The van der Waals surface area contributed by atoms with Crippen LogP contribution in [0.15, 0.2) is 24.3 Å². The molecule has 0 unspecified atom stereocenters. The van der Waals surface area contributed by atoms with Gasteiger partial charge in [0.05, 0.1) is 23.1 Å². The van der Waals surface area contributed by atoms with Gasteiger partial charge in [-0.1, -0.05) is 44.0 Å². The number of rotatable bonds is 2. The van der Waals surface area contributed by atoms with Crippen LogP contribution in [0.1, 0.15) is 23.2 Å². The Hall–Kier alpha value is -1.21. The summed E-state index contributed by atoms with van der Waals surface area (Å²) in [5.74, 6) is -2.51. The predicted octanol–water partition coefficient (Wildman–Crippen LogP) is 2.81. The number of amides is 2. The van der Waals surface area contributed by atoms with Crippen LogP contribution in [0.25, 0.3) is 0 Å². The van der Waals surface area contributed by atoms with Gasteiger partial charge in [-0.2, -0.15) is 0 Å². The third kappa shape index (κ3) is 2.40. The number of imide groups is 1. The summed E-state index contributed by atoms with van der Waals surface area (Å²) in [6.07, 6.45) is 1.13. The van der Waals surface area contributed by atoms with E-state index in [0.29, 0.717) is 12.8 Å². The van der Waals surface area contributed by atoms with Crippen molar-refractivity contribution < 1.29 is 19.5 Å². The fourth-order valence-electron chi connectivity index (χ4n) is 3.18. The minimum atomic E-state index is -1.15. The number of hydrogen-bond acceptors (Lipinski definition) is 3. The fourth-order valence-corrected chi connectivity index (χ4v) is 4.42. The molecule has 1 saturated carbocycles. The van der Waals surface area contributed by atoms with Crippen LogP contribution >= 0.6 is 31.9 Å². The summed E-state index contributed by atoms with van der Waals surface area (Å²) < 4.78 is 0. The summed E-state index contributed by atoms with van der Waals surface area (Å²) >= 11 is 7.06. The Morgan fingerprint density at radius 1 is 1.05 bits per heavy atom. The predicted molar refractivity (Wildman–Crippen MR) is 87.5 cm³/mol. The minimum absolute atomic E-state index is 0.0337. The number of carbonyl (C=O) groups excluding carboxylic acids is 2. The van der Waals surface area contributed by atoms with E-state index in [-0.39, 0.29) is 44.6 Å². The molecule has 4 atom stereocenters. The Kier molecular flexibility index (Phi) is 4.11. The molecule has 1 heterocycles. The van der Waals surface area contributed by atoms with Crippen LogP contribution < -0.4 is 4.90 Å². The second kappa shape index (κ2) is 5.77. The van der Waals surface area contributed by atoms with E-state index in [4.69, 9.17) is 0 Å². The second-order valence-electron chi connectivity index (χ2n) is 5.55. The van der Waals surface area contributed by atoms with E-state index < -0.39 is 5.97 Å². The molecule has 22 heavy (non-hydrogen) atoms. The lowest BCUT2D eigenvalue weighted by atomic mass is 9.81. The first kappa shape index (κ1) is 15.7. The number of carbonyl (C=O) groups is 3. The smallest absolute Gasteiger partial charge is 0.337 e. The number of para-hydroxylation sites is 1. The van der Waals surface area contributed by atoms with Crippen molar-refractivity contribution >= 4 is 55.3 Å². The number of alkyl halides is 2. The third-order valence-corrected chi connectivity index (χ3v) is 7.02. The molecule has 0 radical (unpaired) electrons. The SMILES string of the molecule is O=C(O)c1ccccc1N1C(=O)[C@H]2C[C@@H](Br)[C@H](Br)C[C@@H]2C1=O. The van der Waals surface area contributed by atoms with E-state index >= 15 is 0 Å². The zero-order valence-electron chi connectivity index (χ0n) is 11.4. The van der Waals surface area contributed by atoms with E-state index in [1.165, 1.54) is 12.1 Å². The van der Waals surface area contributed by atoms with Gasteiger partial charge >= 0.3 is 5.97 Å². The van der Waals surface area contributed by atoms with E-state index in [9.17, 15) is 19.5 Å². The van der Waals surface area contributed by atoms with E-state index in [2.05, 4.69) is 31.9 Å². The van der Waals surface area contributed by atoms with E-state index in [1.54, 1.807) is 12.1 Å². The number of hydrogen-bond donors (Lipinski definition) is 1. The molecule has 0 spiro atoms. The minimum Gasteiger partial charge on any atom is -0.478 e. The first-order valence-corrected chi connectivity index (χ1v) is 8.73. The van der Waals surface area contributed by atoms with Crippen LogP contribution in [-0.4, -0.2) is 32.5 Å². The van der Waals surface area contributed by atoms with Gasteiger partial charge < -0.3 is 5.11 Å². The summed E-state index contributed by atoms with van der Waals surface area (Å²) in [6.45, 7) is 0. The summed E-state index contributed by atoms with van der Waals surface area (Å²) in [6, 6.07) is 6.12. The molecule has 2 amide bonds. The Balaban J connectivity index is 2.01. The van der Waals surface area contributed by atoms with Crippen molar-refractivity contribution in [2.45, 2.75) is 22.5 Å². The highest BCUT2D eigenvalue weighted by atomic mass is 79.9. The quantitative estimate of drug-likeness (QED) is 0.578. The number of nitrogens with zero attached hydrogens (tertiary/aromatic N) is 1. The zero-order valence-corrected chi connectivity index (χ0v) is 14.6. The van der Waals surface area contributed by atoms with Gasteiger partial charge in [-0.15, -0.1) is 0 Å². The van der Waals surface area contributed by atoms with Gasteiger partial charge in [0, 0.05) is 9.65 Å². The monoisotopic (exact) mass is 429 g/mol. The van der Waals surface area contributed by atoms with Gasteiger partial charge in [0.2, 0.25) is 11.8 Å². The topological polar surface area (TPSA) is 74.7 Å². The molecule has 0 bridgehead atoms. The first-order valence-electron chi connectivity index (χ1n) is 6.90. The standard InChI is InChI=1S/C15H13Br2NO4/c16-10-5-8-9(6-11(10)17)14(20)18(13(8)19)12-4-2-1-3-7(12)15(21)22/h1-4,8-11H,5-6H2,(H,21,22)/t8-,9-,10+,11+/m0/s1. The zero-order chi connectivity index (χ0) is 16.0. The molecule has 2 fully saturated rings.